The van der Waals surface area contributed by atoms with Crippen molar-refractivity contribution in [2.45, 2.75) is 12.5 Å². The lowest BCUT2D eigenvalue weighted by Crippen LogP contribution is -2.47. The number of carbonyl (C=O) groups excluding carboxylic acids is 2. The molecule has 2 amide bonds. The summed E-state index contributed by atoms with van der Waals surface area (Å²) in [4.78, 5) is 26.4. The van der Waals surface area contributed by atoms with Crippen LogP contribution >= 0.6 is 0 Å². The molecular weight excluding hydrogens is 264 g/mol. The number of fused-ring (bicyclic) bond motifs is 2. The van der Waals surface area contributed by atoms with Crippen molar-refractivity contribution in [3.05, 3.63) is 65.2 Å². The first kappa shape index (κ1) is 12.1. The van der Waals surface area contributed by atoms with Gasteiger partial charge in [0.15, 0.2) is 0 Å². The predicted molar refractivity (Wildman–Crippen MR) is 79.4 cm³/mol. The molecule has 0 radical (unpaired) electrons. The van der Waals surface area contributed by atoms with Gasteiger partial charge < -0.3 is 5.32 Å². The molecule has 0 spiro atoms. The second-order valence-electron chi connectivity index (χ2n) is 5.42. The Labute approximate surface area is 122 Å². The summed E-state index contributed by atoms with van der Waals surface area (Å²) in [6.07, 6.45) is 0.703. The predicted octanol–water partition coefficient (Wildman–Crippen LogP) is 2.32. The molecule has 104 valence electrons. The Morgan fingerprint density at radius 1 is 0.905 bits per heavy atom. The van der Waals surface area contributed by atoms with Crippen LogP contribution in [0.15, 0.2) is 48.5 Å². The molecule has 1 N–H and O–H groups in total. The van der Waals surface area contributed by atoms with E-state index in [9.17, 15) is 9.59 Å². The summed E-state index contributed by atoms with van der Waals surface area (Å²) in [6.45, 7) is 0.600. The van der Waals surface area contributed by atoms with Crippen LogP contribution in [-0.4, -0.2) is 29.3 Å². The van der Waals surface area contributed by atoms with Crippen molar-refractivity contribution in [3.8, 4) is 0 Å². The van der Waals surface area contributed by atoms with Crippen molar-refractivity contribution in [1.82, 2.24) is 4.90 Å². The molecule has 0 fully saturated rings. The highest BCUT2D eigenvalue weighted by Crippen LogP contribution is 2.29. The normalized spacial score (nSPS) is 20.0. The minimum Gasteiger partial charge on any atom is -0.383 e. The van der Waals surface area contributed by atoms with Gasteiger partial charge in [-0.1, -0.05) is 30.3 Å². The molecule has 2 aliphatic rings. The van der Waals surface area contributed by atoms with Crippen molar-refractivity contribution in [2.24, 2.45) is 0 Å². The van der Waals surface area contributed by atoms with Gasteiger partial charge in [-0.15, -0.1) is 0 Å². The number of nitrogens with zero attached hydrogens (tertiary/aromatic N) is 1. The zero-order chi connectivity index (χ0) is 14.4. The van der Waals surface area contributed by atoms with Crippen LogP contribution in [0.4, 0.5) is 5.69 Å². The Balaban J connectivity index is 1.68. The van der Waals surface area contributed by atoms with Crippen LogP contribution in [-0.2, 0) is 6.42 Å². The van der Waals surface area contributed by atoms with Crippen molar-refractivity contribution in [1.29, 1.82) is 0 Å². The molecule has 0 saturated heterocycles. The number of hydrogen-bond donors (Lipinski definition) is 1. The molecule has 4 heteroatoms. The number of imide groups is 1. The Bertz CT molecular complexity index is 719. The summed E-state index contributed by atoms with van der Waals surface area (Å²) in [5.41, 5.74) is 3.26. The van der Waals surface area contributed by atoms with Gasteiger partial charge in [0.05, 0.1) is 17.2 Å². The zero-order valence-electron chi connectivity index (χ0n) is 11.4. The van der Waals surface area contributed by atoms with Crippen molar-refractivity contribution in [2.75, 3.05) is 11.9 Å². The van der Waals surface area contributed by atoms with Gasteiger partial charge in [0.25, 0.3) is 11.8 Å². The molecule has 1 atom stereocenters. The van der Waals surface area contributed by atoms with Crippen LogP contribution in [0, 0.1) is 0 Å². The van der Waals surface area contributed by atoms with E-state index >= 15 is 0 Å². The summed E-state index contributed by atoms with van der Waals surface area (Å²) < 4.78 is 0. The number of rotatable bonds is 1. The highest BCUT2D eigenvalue weighted by atomic mass is 16.2. The van der Waals surface area contributed by atoms with Crippen LogP contribution in [0.1, 0.15) is 26.3 Å². The van der Waals surface area contributed by atoms with Gasteiger partial charge in [0, 0.05) is 12.2 Å². The number of hydrogen-bond acceptors (Lipinski definition) is 3. The molecule has 2 aliphatic heterocycles. The van der Waals surface area contributed by atoms with E-state index in [1.54, 1.807) is 24.3 Å². The van der Waals surface area contributed by atoms with Gasteiger partial charge in [-0.2, -0.15) is 0 Å². The van der Waals surface area contributed by atoms with Gasteiger partial charge in [0.1, 0.15) is 0 Å². The fraction of sp³-hybridized carbons (Fsp3) is 0.176. The second-order valence-corrected chi connectivity index (χ2v) is 5.42. The lowest BCUT2D eigenvalue weighted by molar-refractivity contribution is 0.0590. The lowest BCUT2D eigenvalue weighted by Gasteiger charge is -2.31. The molecular formula is C17H14N2O2. The summed E-state index contributed by atoms with van der Waals surface area (Å²) >= 11 is 0. The summed E-state index contributed by atoms with van der Waals surface area (Å²) in [5.74, 6) is -0.358. The second kappa shape index (κ2) is 4.45. The SMILES string of the molecule is O=C1c2ccccc2C(=O)N1C1CNc2ccccc2C1. The zero-order valence-corrected chi connectivity index (χ0v) is 11.4. The van der Waals surface area contributed by atoms with Crippen LogP contribution in [0.5, 0.6) is 0 Å². The molecule has 0 aromatic heterocycles. The maximum Gasteiger partial charge on any atom is 0.261 e. The molecule has 1 unspecified atom stereocenters. The fourth-order valence-electron chi connectivity index (χ4n) is 3.15. The van der Waals surface area contributed by atoms with E-state index in [-0.39, 0.29) is 17.9 Å². The van der Waals surface area contributed by atoms with Gasteiger partial charge >= 0.3 is 0 Å². The van der Waals surface area contributed by atoms with Crippen molar-refractivity contribution in [3.63, 3.8) is 0 Å². The van der Waals surface area contributed by atoms with E-state index in [1.165, 1.54) is 4.90 Å². The molecule has 2 aromatic rings. The summed E-state index contributed by atoms with van der Waals surface area (Å²) in [7, 11) is 0. The maximum absolute atomic E-state index is 12.5. The molecule has 0 aliphatic carbocycles. The molecule has 0 saturated carbocycles. The topological polar surface area (TPSA) is 49.4 Å². The first-order valence-electron chi connectivity index (χ1n) is 7.04. The molecule has 0 bridgehead atoms. The Kier molecular flexibility index (Phi) is 2.57. The monoisotopic (exact) mass is 278 g/mol. The maximum atomic E-state index is 12.5. The number of amides is 2. The lowest BCUT2D eigenvalue weighted by atomic mass is 9.98. The molecule has 4 nitrogen and oxygen atoms in total. The van der Waals surface area contributed by atoms with E-state index in [0.717, 1.165) is 11.3 Å². The molecule has 2 heterocycles. The van der Waals surface area contributed by atoms with Crippen molar-refractivity contribution >= 4 is 17.5 Å². The largest absolute Gasteiger partial charge is 0.383 e. The Morgan fingerprint density at radius 3 is 2.24 bits per heavy atom. The number of para-hydroxylation sites is 1. The van der Waals surface area contributed by atoms with E-state index < -0.39 is 0 Å². The fourth-order valence-corrected chi connectivity index (χ4v) is 3.15. The van der Waals surface area contributed by atoms with Crippen molar-refractivity contribution < 1.29 is 9.59 Å². The minimum absolute atomic E-state index is 0.132. The molecule has 21 heavy (non-hydrogen) atoms. The Morgan fingerprint density at radius 2 is 1.52 bits per heavy atom. The first-order chi connectivity index (χ1) is 10.3. The third kappa shape index (κ3) is 1.76. The summed E-state index contributed by atoms with van der Waals surface area (Å²) in [5, 5.41) is 3.31. The van der Waals surface area contributed by atoms with Crippen LogP contribution in [0.2, 0.25) is 0 Å². The van der Waals surface area contributed by atoms with Crippen LogP contribution in [0.25, 0.3) is 0 Å². The molecule has 4 rings (SSSR count). The van der Waals surface area contributed by atoms with E-state index in [2.05, 4.69) is 5.32 Å². The number of anilines is 1. The van der Waals surface area contributed by atoms with E-state index in [1.807, 2.05) is 24.3 Å². The van der Waals surface area contributed by atoms with Crippen LogP contribution in [0.3, 0.4) is 0 Å². The Hall–Kier alpha value is -2.62. The minimum atomic E-state index is -0.179. The average Bonchev–Trinajstić information content (AvgIpc) is 2.79. The van der Waals surface area contributed by atoms with Gasteiger partial charge in [0.2, 0.25) is 0 Å². The highest BCUT2D eigenvalue weighted by Gasteiger charge is 2.40. The number of nitrogens with one attached hydrogen (secondary N) is 1. The molecule has 2 aromatic carbocycles. The van der Waals surface area contributed by atoms with Crippen LogP contribution < -0.4 is 5.32 Å². The number of carbonyl (C=O) groups is 2. The first-order valence-corrected chi connectivity index (χ1v) is 7.04. The quantitative estimate of drug-likeness (QED) is 0.814. The van der Waals surface area contributed by atoms with Gasteiger partial charge in [-0.3, -0.25) is 14.5 Å². The van der Waals surface area contributed by atoms with E-state index in [4.69, 9.17) is 0 Å². The third-order valence-corrected chi connectivity index (χ3v) is 4.19. The summed E-state index contributed by atoms with van der Waals surface area (Å²) in [6, 6.07) is 14.9. The highest BCUT2D eigenvalue weighted by molar-refractivity contribution is 6.21. The smallest absolute Gasteiger partial charge is 0.261 e. The van der Waals surface area contributed by atoms with Gasteiger partial charge in [-0.05, 0) is 30.2 Å². The van der Waals surface area contributed by atoms with E-state index in [0.29, 0.717) is 24.1 Å². The standard InChI is InChI=1S/C17H14N2O2/c20-16-13-6-2-3-7-14(13)17(21)19(16)12-9-11-5-1-4-8-15(11)18-10-12/h1-8,12,18H,9-10H2. The number of benzene rings is 2. The third-order valence-electron chi connectivity index (χ3n) is 4.19. The average molecular weight is 278 g/mol. The van der Waals surface area contributed by atoms with Gasteiger partial charge in [-0.25, -0.2) is 0 Å².